The van der Waals surface area contributed by atoms with Gasteiger partial charge in [0, 0.05) is 39.3 Å². The molecule has 1 amide bonds. The van der Waals surface area contributed by atoms with Crippen molar-refractivity contribution in [3.63, 3.8) is 0 Å². The van der Waals surface area contributed by atoms with Crippen LogP contribution in [0.15, 0.2) is 0 Å². The predicted octanol–water partition coefficient (Wildman–Crippen LogP) is 0.465. The molecule has 3 unspecified atom stereocenters. The summed E-state index contributed by atoms with van der Waals surface area (Å²) in [4.78, 5) is 13.7. The van der Waals surface area contributed by atoms with Gasteiger partial charge in [0.1, 0.15) is 0 Å². The fourth-order valence-corrected chi connectivity index (χ4v) is 1.97. The van der Waals surface area contributed by atoms with Gasteiger partial charge in [0.2, 0.25) is 5.91 Å². The Labute approximate surface area is 91.8 Å². The molecule has 1 saturated heterocycles. The van der Waals surface area contributed by atoms with Crippen molar-refractivity contribution < 1.29 is 9.53 Å². The zero-order valence-electron chi connectivity index (χ0n) is 9.90. The van der Waals surface area contributed by atoms with Crippen molar-refractivity contribution in [2.24, 2.45) is 17.6 Å². The second-order valence-electron chi connectivity index (χ2n) is 4.70. The maximum Gasteiger partial charge on any atom is 0.222 e. The van der Waals surface area contributed by atoms with E-state index in [0.29, 0.717) is 25.5 Å². The lowest BCUT2D eigenvalue weighted by atomic mass is 10.1. The van der Waals surface area contributed by atoms with Gasteiger partial charge in [-0.25, -0.2) is 0 Å². The summed E-state index contributed by atoms with van der Waals surface area (Å²) in [5, 5.41) is 0. The first-order valence-corrected chi connectivity index (χ1v) is 5.57. The lowest BCUT2D eigenvalue weighted by Gasteiger charge is -2.18. The van der Waals surface area contributed by atoms with E-state index in [9.17, 15) is 4.79 Å². The Morgan fingerprint density at radius 3 is 2.73 bits per heavy atom. The summed E-state index contributed by atoms with van der Waals surface area (Å²) in [5.74, 6) is 0.917. The van der Waals surface area contributed by atoms with Crippen molar-refractivity contribution in [1.29, 1.82) is 0 Å². The van der Waals surface area contributed by atoms with Gasteiger partial charge in [0.05, 0.1) is 0 Å². The Morgan fingerprint density at radius 2 is 2.27 bits per heavy atom. The van der Waals surface area contributed by atoms with Crippen LogP contribution in [0.2, 0.25) is 0 Å². The highest BCUT2D eigenvalue weighted by atomic mass is 16.5. The molecule has 15 heavy (non-hydrogen) atoms. The summed E-state index contributed by atoms with van der Waals surface area (Å²) in [6.07, 6.45) is 0.563. The van der Waals surface area contributed by atoms with Crippen molar-refractivity contribution in [3.05, 3.63) is 0 Å². The van der Waals surface area contributed by atoms with Gasteiger partial charge in [-0.1, -0.05) is 13.8 Å². The molecule has 1 aliphatic rings. The van der Waals surface area contributed by atoms with E-state index in [1.165, 1.54) is 0 Å². The number of methoxy groups -OCH3 is 1. The molecule has 1 rings (SSSR count). The van der Waals surface area contributed by atoms with Crippen LogP contribution < -0.4 is 5.73 Å². The fourth-order valence-electron chi connectivity index (χ4n) is 1.97. The van der Waals surface area contributed by atoms with E-state index in [1.807, 2.05) is 11.8 Å². The average Bonchev–Trinajstić information content (AvgIpc) is 2.47. The smallest absolute Gasteiger partial charge is 0.222 e. The van der Waals surface area contributed by atoms with Crippen LogP contribution >= 0.6 is 0 Å². The van der Waals surface area contributed by atoms with Gasteiger partial charge >= 0.3 is 0 Å². The molecule has 0 aromatic heterocycles. The van der Waals surface area contributed by atoms with Crippen LogP contribution in [0.1, 0.15) is 20.3 Å². The number of rotatable bonds is 4. The molecule has 0 aliphatic carbocycles. The number of ether oxygens (including phenoxy) is 1. The van der Waals surface area contributed by atoms with Crippen molar-refractivity contribution in [3.8, 4) is 0 Å². The summed E-state index contributed by atoms with van der Waals surface area (Å²) in [6, 6.07) is 0.145. The first-order chi connectivity index (χ1) is 7.04. The van der Waals surface area contributed by atoms with Gasteiger partial charge in [-0.15, -0.1) is 0 Å². The molecule has 0 spiro atoms. The first kappa shape index (κ1) is 12.5. The molecule has 1 heterocycles. The van der Waals surface area contributed by atoms with Crippen LogP contribution in [0.5, 0.6) is 0 Å². The third kappa shape index (κ3) is 3.47. The third-order valence-corrected chi connectivity index (χ3v) is 3.00. The number of carbonyl (C=O) groups is 1. The molecular weight excluding hydrogens is 192 g/mol. The molecule has 1 aliphatic heterocycles. The van der Waals surface area contributed by atoms with E-state index in [2.05, 4.69) is 6.92 Å². The van der Waals surface area contributed by atoms with Crippen LogP contribution in [-0.4, -0.2) is 43.7 Å². The van der Waals surface area contributed by atoms with Crippen molar-refractivity contribution >= 4 is 5.91 Å². The molecule has 0 radical (unpaired) electrons. The molecule has 2 N–H and O–H groups in total. The van der Waals surface area contributed by atoms with Gasteiger partial charge in [-0.05, 0) is 11.8 Å². The number of likely N-dealkylation sites (tertiary alicyclic amines) is 1. The van der Waals surface area contributed by atoms with E-state index in [1.54, 1.807) is 7.11 Å². The minimum absolute atomic E-state index is 0.145. The summed E-state index contributed by atoms with van der Waals surface area (Å²) < 4.78 is 5.01. The summed E-state index contributed by atoms with van der Waals surface area (Å²) in [5.41, 5.74) is 5.88. The molecule has 0 aromatic rings. The normalized spacial score (nSPS) is 28.1. The molecule has 4 nitrogen and oxygen atoms in total. The topological polar surface area (TPSA) is 55.6 Å². The molecule has 4 heteroatoms. The summed E-state index contributed by atoms with van der Waals surface area (Å²) >= 11 is 0. The lowest BCUT2D eigenvalue weighted by Crippen LogP contribution is -2.33. The number of hydrogen-bond donors (Lipinski definition) is 1. The number of nitrogens with zero attached hydrogens (tertiary/aromatic N) is 1. The van der Waals surface area contributed by atoms with E-state index < -0.39 is 0 Å². The number of hydrogen-bond acceptors (Lipinski definition) is 3. The van der Waals surface area contributed by atoms with Crippen LogP contribution in [-0.2, 0) is 9.53 Å². The molecular formula is C11H22N2O2. The lowest BCUT2D eigenvalue weighted by molar-refractivity contribution is -0.131. The van der Waals surface area contributed by atoms with Gasteiger partial charge < -0.3 is 15.4 Å². The Hall–Kier alpha value is -0.610. The minimum atomic E-state index is 0.145. The first-order valence-electron chi connectivity index (χ1n) is 5.57. The van der Waals surface area contributed by atoms with Gasteiger partial charge in [0.25, 0.3) is 0 Å². The van der Waals surface area contributed by atoms with Crippen LogP contribution in [0.3, 0.4) is 0 Å². The second-order valence-corrected chi connectivity index (χ2v) is 4.70. The minimum Gasteiger partial charge on any atom is -0.384 e. The molecule has 0 bridgehead atoms. The molecule has 0 saturated carbocycles. The predicted molar refractivity (Wildman–Crippen MR) is 59.4 cm³/mol. The van der Waals surface area contributed by atoms with Crippen LogP contribution in [0, 0.1) is 11.8 Å². The summed E-state index contributed by atoms with van der Waals surface area (Å²) in [6.45, 7) is 6.28. The number of carbonyl (C=O) groups excluding carboxylic acids is 1. The standard InChI is InChI=1S/C11H22N2O2/c1-8(7-15-3)4-11(14)13-5-9(2)10(12)6-13/h8-10H,4-7,12H2,1-3H3. The van der Waals surface area contributed by atoms with Crippen LogP contribution in [0.4, 0.5) is 0 Å². The quantitative estimate of drug-likeness (QED) is 0.740. The number of nitrogens with two attached hydrogens (primary N) is 1. The highest BCUT2D eigenvalue weighted by Crippen LogP contribution is 2.16. The monoisotopic (exact) mass is 214 g/mol. The van der Waals surface area contributed by atoms with Gasteiger partial charge in [-0.3, -0.25) is 4.79 Å². The zero-order valence-corrected chi connectivity index (χ0v) is 9.90. The van der Waals surface area contributed by atoms with E-state index in [-0.39, 0.29) is 17.9 Å². The van der Waals surface area contributed by atoms with Gasteiger partial charge in [0.15, 0.2) is 0 Å². The maximum absolute atomic E-state index is 11.8. The van der Waals surface area contributed by atoms with Crippen molar-refractivity contribution in [2.75, 3.05) is 26.8 Å². The largest absolute Gasteiger partial charge is 0.384 e. The Kier molecular flexibility index (Phi) is 4.54. The average molecular weight is 214 g/mol. The number of amides is 1. The Morgan fingerprint density at radius 1 is 1.60 bits per heavy atom. The fraction of sp³-hybridized carbons (Fsp3) is 0.909. The highest BCUT2D eigenvalue weighted by Gasteiger charge is 2.29. The summed E-state index contributed by atoms with van der Waals surface area (Å²) in [7, 11) is 1.66. The maximum atomic E-state index is 11.8. The van der Waals surface area contributed by atoms with Crippen molar-refractivity contribution in [2.45, 2.75) is 26.3 Å². The highest BCUT2D eigenvalue weighted by molar-refractivity contribution is 5.76. The molecule has 0 aromatic carbocycles. The van der Waals surface area contributed by atoms with E-state index >= 15 is 0 Å². The zero-order chi connectivity index (χ0) is 11.4. The van der Waals surface area contributed by atoms with Crippen molar-refractivity contribution in [1.82, 2.24) is 4.90 Å². The SMILES string of the molecule is COCC(C)CC(=O)N1CC(C)C(N)C1. The van der Waals surface area contributed by atoms with Gasteiger partial charge in [-0.2, -0.15) is 0 Å². The third-order valence-electron chi connectivity index (χ3n) is 3.00. The Balaban J connectivity index is 2.35. The van der Waals surface area contributed by atoms with E-state index in [4.69, 9.17) is 10.5 Å². The molecule has 3 atom stereocenters. The van der Waals surface area contributed by atoms with Crippen LogP contribution in [0.25, 0.3) is 0 Å². The molecule has 1 fully saturated rings. The second kappa shape index (κ2) is 5.47. The van der Waals surface area contributed by atoms with E-state index in [0.717, 1.165) is 6.54 Å². The Bertz CT molecular complexity index is 211. The molecule has 88 valence electrons.